The average Bonchev–Trinajstić information content (AvgIpc) is 3.16. The van der Waals surface area contributed by atoms with Gasteiger partial charge in [0.15, 0.2) is 0 Å². The second-order valence-corrected chi connectivity index (χ2v) is 9.54. The predicted molar refractivity (Wildman–Crippen MR) is 121 cm³/mol. The van der Waals surface area contributed by atoms with Crippen LogP contribution in [0.1, 0.15) is 57.2 Å². The van der Waals surface area contributed by atoms with Crippen LogP contribution >= 0.6 is 0 Å². The minimum Gasteiger partial charge on any atom is -0.372 e. The summed E-state index contributed by atoms with van der Waals surface area (Å²) in [5.41, 5.74) is 2.91. The van der Waals surface area contributed by atoms with Crippen molar-refractivity contribution in [3.05, 3.63) is 40.4 Å². The molecule has 2 aliphatic rings. The van der Waals surface area contributed by atoms with Crippen molar-refractivity contribution >= 4 is 11.6 Å². The molecule has 0 bridgehead atoms. The van der Waals surface area contributed by atoms with Crippen molar-refractivity contribution in [2.24, 2.45) is 5.92 Å². The third kappa shape index (κ3) is 4.94. The predicted octanol–water partition coefficient (Wildman–Crippen LogP) is 3.71. The minimum atomic E-state index is -0.388. The molecule has 32 heavy (non-hydrogen) atoms. The van der Waals surface area contributed by atoms with Crippen LogP contribution in [0.25, 0.3) is 0 Å². The van der Waals surface area contributed by atoms with Crippen molar-refractivity contribution in [1.29, 1.82) is 10.7 Å². The summed E-state index contributed by atoms with van der Waals surface area (Å²) in [4.78, 5) is 16.8. The van der Waals surface area contributed by atoms with Crippen molar-refractivity contribution in [3.8, 4) is 6.07 Å². The number of carbonyl (C=O) groups excluding carboxylic acids is 1. The number of nitrogens with zero attached hydrogens (tertiary/aromatic N) is 4. The fourth-order valence-corrected chi connectivity index (χ4v) is 4.20. The lowest BCUT2D eigenvalue weighted by Crippen LogP contribution is -2.52. The van der Waals surface area contributed by atoms with Crippen LogP contribution < -0.4 is 0 Å². The summed E-state index contributed by atoms with van der Waals surface area (Å²) >= 11 is 0. The lowest BCUT2D eigenvalue weighted by Gasteiger charge is -2.40. The maximum atomic E-state index is 12.9. The van der Waals surface area contributed by atoms with E-state index < -0.39 is 0 Å². The quantitative estimate of drug-likeness (QED) is 0.554. The number of hydrogen-bond acceptors (Lipinski definition) is 7. The van der Waals surface area contributed by atoms with Gasteiger partial charge in [-0.25, -0.2) is 0 Å². The summed E-state index contributed by atoms with van der Waals surface area (Å²) in [5, 5.41) is 22.3. The number of rotatable bonds is 5. The highest BCUT2D eigenvalue weighted by Gasteiger charge is 2.33. The number of aromatic nitrogens is 1. The molecule has 0 saturated carbocycles. The largest absolute Gasteiger partial charge is 0.372 e. The van der Waals surface area contributed by atoms with Crippen molar-refractivity contribution in [1.82, 2.24) is 15.0 Å². The molecule has 3 rings (SSSR count). The SMILES string of the molecule is Cc1oncc1C(=O)N1CCN(C=C(C#N)C2=C(C(=N)C(C)C)COC(C)(C)C2)C[C@H]1C. The number of nitriles is 1. The molecule has 1 fully saturated rings. The van der Waals surface area contributed by atoms with Crippen molar-refractivity contribution < 1.29 is 14.1 Å². The lowest BCUT2D eigenvalue weighted by molar-refractivity contribution is -0.0115. The number of nitrogens with one attached hydrogen (secondary N) is 1. The maximum absolute atomic E-state index is 12.9. The van der Waals surface area contributed by atoms with Gasteiger partial charge >= 0.3 is 0 Å². The first-order valence-corrected chi connectivity index (χ1v) is 11.1. The van der Waals surface area contributed by atoms with Gasteiger partial charge in [0, 0.05) is 49.6 Å². The molecule has 0 aromatic carbocycles. The Kier molecular flexibility index (Phi) is 6.89. The number of aryl methyl sites for hydroxylation is 1. The Bertz CT molecular complexity index is 996. The fourth-order valence-electron chi connectivity index (χ4n) is 4.20. The van der Waals surface area contributed by atoms with Crippen molar-refractivity contribution in [2.45, 2.75) is 59.6 Å². The Balaban J connectivity index is 1.83. The number of ether oxygens (including phenoxy) is 1. The summed E-state index contributed by atoms with van der Waals surface area (Å²) in [6, 6.07) is 2.34. The normalized spacial score (nSPS) is 21.7. The van der Waals surface area contributed by atoms with Gasteiger partial charge in [0.05, 0.1) is 24.0 Å². The topological polar surface area (TPSA) is 106 Å². The monoisotopic (exact) mass is 439 g/mol. The first-order valence-electron chi connectivity index (χ1n) is 11.1. The molecule has 172 valence electrons. The van der Waals surface area contributed by atoms with Gasteiger partial charge in [-0.05, 0) is 39.2 Å². The van der Waals surface area contributed by atoms with Gasteiger partial charge < -0.3 is 24.5 Å². The number of carbonyl (C=O) groups is 1. The molecule has 0 radical (unpaired) electrons. The molecule has 2 aliphatic heterocycles. The third-order valence-corrected chi connectivity index (χ3v) is 6.13. The van der Waals surface area contributed by atoms with E-state index in [4.69, 9.17) is 14.7 Å². The Hall–Kier alpha value is -2.92. The van der Waals surface area contributed by atoms with Gasteiger partial charge in [0.1, 0.15) is 17.4 Å². The van der Waals surface area contributed by atoms with E-state index in [0.717, 1.165) is 11.1 Å². The van der Waals surface area contributed by atoms with Gasteiger partial charge in [-0.3, -0.25) is 4.79 Å². The number of amides is 1. The van der Waals surface area contributed by atoms with Crippen LogP contribution in [0.5, 0.6) is 0 Å². The van der Waals surface area contributed by atoms with Gasteiger partial charge in [-0.1, -0.05) is 19.0 Å². The van der Waals surface area contributed by atoms with Crippen LogP contribution in [0.2, 0.25) is 0 Å². The van der Waals surface area contributed by atoms with E-state index in [-0.39, 0.29) is 23.5 Å². The molecule has 8 nitrogen and oxygen atoms in total. The van der Waals surface area contributed by atoms with Crippen LogP contribution in [0.15, 0.2) is 33.6 Å². The molecule has 0 unspecified atom stereocenters. The average molecular weight is 440 g/mol. The summed E-state index contributed by atoms with van der Waals surface area (Å²) in [6.07, 6.45) is 3.94. The smallest absolute Gasteiger partial charge is 0.259 e. The van der Waals surface area contributed by atoms with Crippen LogP contribution in [-0.4, -0.2) is 64.5 Å². The minimum absolute atomic E-state index is 0.0321. The van der Waals surface area contributed by atoms with Crippen LogP contribution in [0.4, 0.5) is 0 Å². The molecular weight excluding hydrogens is 406 g/mol. The maximum Gasteiger partial charge on any atom is 0.259 e. The Labute approximate surface area is 190 Å². The van der Waals surface area contributed by atoms with Crippen LogP contribution in [-0.2, 0) is 4.74 Å². The second kappa shape index (κ2) is 9.29. The summed E-state index contributed by atoms with van der Waals surface area (Å²) in [6.45, 7) is 13.9. The van der Waals surface area contributed by atoms with Gasteiger partial charge in [0.25, 0.3) is 5.91 Å². The first-order chi connectivity index (χ1) is 15.0. The summed E-state index contributed by atoms with van der Waals surface area (Å²) < 4.78 is 11.0. The van der Waals surface area contributed by atoms with Gasteiger partial charge in [-0.2, -0.15) is 5.26 Å². The van der Waals surface area contributed by atoms with E-state index >= 15 is 0 Å². The highest BCUT2D eigenvalue weighted by molar-refractivity contribution is 6.01. The molecule has 1 N–H and O–H groups in total. The highest BCUT2D eigenvalue weighted by atomic mass is 16.5. The number of hydrogen-bond donors (Lipinski definition) is 1. The molecule has 1 atom stereocenters. The van der Waals surface area contributed by atoms with E-state index in [9.17, 15) is 10.1 Å². The molecular formula is C24H33N5O3. The first kappa shape index (κ1) is 23.7. The fraction of sp³-hybridized carbons (Fsp3) is 0.583. The van der Waals surface area contributed by atoms with E-state index in [1.165, 1.54) is 6.20 Å². The number of allylic oxidation sites excluding steroid dienone is 1. The molecule has 1 amide bonds. The summed E-state index contributed by atoms with van der Waals surface area (Å²) in [7, 11) is 0. The van der Waals surface area contributed by atoms with E-state index in [1.54, 1.807) is 6.92 Å². The van der Waals surface area contributed by atoms with Crippen molar-refractivity contribution in [2.75, 3.05) is 26.2 Å². The Morgan fingerprint density at radius 1 is 1.38 bits per heavy atom. The summed E-state index contributed by atoms with van der Waals surface area (Å²) in [5.74, 6) is 0.493. The molecule has 1 aromatic rings. The Morgan fingerprint density at radius 3 is 2.66 bits per heavy atom. The van der Waals surface area contributed by atoms with E-state index in [1.807, 2.05) is 45.7 Å². The Morgan fingerprint density at radius 2 is 2.09 bits per heavy atom. The third-order valence-electron chi connectivity index (χ3n) is 6.13. The lowest BCUT2D eigenvalue weighted by atomic mass is 9.84. The van der Waals surface area contributed by atoms with Gasteiger partial charge in [0.2, 0.25) is 0 Å². The number of piperazine rings is 1. The zero-order valence-electron chi connectivity index (χ0n) is 19.9. The molecule has 1 saturated heterocycles. The molecule has 0 spiro atoms. The molecule has 8 heteroatoms. The zero-order chi connectivity index (χ0) is 23.6. The zero-order valence-corrected chi connectivity index (χ0v) is 19.9. The standard InChI is InChI=1S/C24H33N5O3/c1-15(2)22(26)21-14-31-24(5,6)9-19(21)18(10-25)13-28-7-8-29(16(3)12-28)23(30)20-11-27-32-17(20)4/h11,13,15-16,26H,7-9,12,14H2,1-6H3/t16-/m1/s1. The van der Waals surface area contributed by atoms with Crippen LogP contribution in [0, 0.1) is 29.6 Å². The van der Waals surface area contributed by atoms with Gasteiger partial charge in [-0.15, -0.1) is 0 Å². The van der Waals surface area contributed by atoms with Crippen LogP contribution in [0.3, 0.4) is 0 Å². The van der Waals surface area contributed by atoms with E-state index in [0.29, 0.717) is 55.3 Å². The van der Waals surface area contributed by atoms with Crippen molar-refractivity contribution in [3.63, 3.8) is 0 Å². The highest BCUT2D eigenvalue weighted by Crippen LogP contribution is 2.34. The van der Waals surface area contributed by atoms with E-state index in [2.05, 4.69) is 16.1 Å². The molecule has 1 aromatic heterocycles. The molecule has 3 heterocycles. The second-order valence-electron chi connectivity index (χ2n) is 9.54. The molecule has 0 aliphatic carbocycles.